The molecule has 0 aromatic heterocycles. The van der Waals surface area contributed by atoms with Gasteiger partial charge in [-0.05, 0) is 11.6 Å². The summed E-state index contributed by atoms with van der Waals surface area (Å²) < 4.78 is 30.6. The molecule has 0 amide bonds. The highest BCUT2D eigenvalue weighted by atomic mass is 32.2. The lowest BCUT2D eigenvalue weighted by Crippen LogP contribution is -2.15. The molecule has 0 atom stereocenters. The molecule has 0 unspecified atom stereocenters. The van der Waals surface area contributed by atoms with Crippen molar-refractivity contribution in [2.24, 2.45) is 0 Å². The van der Waals surface area contributed by atoms with Crippen molar-refractivity contribution in [2.75, 3.05) is 0 Å². The van der Waals surface area contributed by atoms with Gasteiger partial charge in [0.15, 0.2) is 0 Å². The van der Waals surface area contributed by atoms with Crippen molar-refractivity contribution in [3.05, 3.63) is 42.1 Å². The third kappa shape index (κ3) is 4.29. The van der Waals surface area contributed by atoms with E-state index in [0.717, 1.165) is 11.8 Å². The summed E-state index contributed by atoms with van der Waals surface area (Å²) in [7, 11) is -4.13. The second-order valence-electron chi connectivity index (χ2n) is 2.34. The maximum absolute atomic E-state index is 10.2. The third-order valence-electron chi connectivity index (χ3n) is 1.29. The van der Waals surface area contributed by atoms with Gasteiger partial charge in [0.05, 0.1) is 0 Å². The Kier molecular flexibility index (Phi) is 3.05. The largest absolute Gasteiger partial charge is 0.357 e. The zero-order valence-electron chi connectivity index (χ0n) is 6.71. The van der Waals surface area contributed by atoms with Gasteiger partial charge in [0.25, 0.3) is 0 Å². The molecule has 1 aromatic carbocycles. The minimum atomic E-state index is -4.13. The fourth-order valence-corrected chi connectivity index (χ4v) is 1.02. The first-order valence-corrected chi connectivity index (χ1v) is 4.98. The predicted octanol–water partition coefficient (Wildman–Crippen LogP) is 1.05. The van der Waals surface area contributed by atoms with Crippen LogP contribution in [0.1, 0.15) is 5.56 Å². The lowest BCUT2D eigenvalue weighted by molar-refractivity contribution is 0.476. The normalized spacial score (nSPS) is 11.8. The van der Waals surface area contributed by atoms with Crippen molar-refractivity contribution in [2.45, 2.75) is 0 Å². The van der Waals surface area contributed by atoms with Crippen LogP contribution in [0.3, 0.4) is 0 Å². The molecule has 4 nitrogen and oxygen atoms in total. The molecule has 0 spiro atoms. The van der Waals surface area contributed by atoms with Crippen LogP contribution in [-0.4, -0.2) is 13.0 Å². The van der Waals surface area contributed by atoms with Crippen molar-refractivity contribution in [1.82, 2.24) is 4.72 Å². The van der Waals surface area contributed by atoms with Gasteiger partial charge < -0.3 is 0 Å². The standard InChI is InChI=1S/C8H9NO3S/c10-13(11,12)9-7-6-8-4-2-1-3-5-8/h1-7,9H,(H,10,11,12). The van der Waals surface area contributed by atoms with E-state index in [9.17, 15) is 8.42 Å². The van der Waals surface area contributed by atoms with Crippen LogP contribution >= 0.6 is 0 Å². The smallest absolute Gasteiger partial charge is 0.269 e. The van der Waals surface area contributed by atoms with Gasteiger partial charge in [-0.1, -0.05) is 30.3 Å². The van der Waals surface area contributed by atoms with E-state index in [2.05, 4.69) is 0 Å². The Morgan fingerprint density at radius 1 is 1.23 bits per heavy atom. The molecular weight excluding hydrogens is 190 g/mol. The molecule has 13 heavy (non-hydrogen) atoms. The second kappa shape index (κ2) is 4.06. The number of hydrogen-bond donors (Lipinski definition) is 2. The summed E-state index contributed by atoms with van der Waals surface area (Å²) in [5, 5.41) is 0. The van der Waals surface area contributed by atoms with Crippen LogP contribution in [-0.2, 0) is 10.3 Å². The zero-order chi connectivity index (χ0) is 9.73. The summed E-state index contributed by atoms with van der Waals surface area (Å²) in [6.07, 6.45) is 2.69. The summed E-state index contributed by atoms with van der Waals surface area (Å²) in [6.45, 7) is 0. The molecule has 0 aliphatic heterocycles. The molecule has 0 saturated carbocycles. The molecule has 0 radical (unpaired) electrons. The van der Waals surface area contributed by atoms with Crippen molar-refractivity contribution in [1.29, 1.82) is 0 Å². The maximum atomic E-state index is 10.2. The minimum absolute atomic E-state index is 0.846. The Labute approximate surface area is 76.8 Å². The minimum Gasteiger partial charge on any atom is -0.269 e. The van der Waals surface area contributed by atoms with Crippen LogP contribution in [0.2, 0.25) is 0 Å². The number of nitrogens with one attached hydrogen (secondary N) is 1. The van der Waals surface area contributed by atoms with Gasteiger partial charge in [-0.2, -0.15) is 8.42 Å². The van der Waals surface area contributed by atoms with Gasteiger partial charge in [0.2, 0.25) is 0 Å². The summed E-state index contributed by atoms with van der Waals surface area (Å²) in [5.74, 6) is 0. The highest BCUT2D eigenvalue weighted by Gasteiger charge is 1.95. The average Bonchev–Trinajstić information content (AvgIpc) is 2.04. The summed E-state index contributed by atoms with van der Waals surface area (Å²) in [6, 6.07) is 9.12. The number of rotatable bonds is 3. The molecule has 0 fully saturated rings. The summed E-state index contributed by atoms with van der Waals surface area (Å²) in [5.41, 5.74) is 0.846. The van der Waals surface area contributed by atoms with Gasteiger partial charge in [0, 0.05) is 6.20 Å². The van der Waals surface area contributed by atoms with Gasteiger partial charge in [0.1, 0.15) is 0 Å². The van der Waals surface area contributed by atoms with E-state index >= 15 is 0 Å². The van der Waals surface area contributed by atoms with Gasteiger partial charge in [-0.3, -0.25) is 9.27 Å². The molecular formula is C8H9NO3S. The Hall–Kier alpha value is -1.33. The first kappa shape index (κ1) is 9.76. The quantitative estimate of drug-likeness (QED) is 0.715. The van der Waals surface area contributed by atoms with E-state index in [1.165, 1.54) is 6.08 Å². The van der Waals surface area contributed by atoms with Gasteiger partial charge in [-0.25, -0.2) is 0 Å². The molecule has 70 valence electrons. The average molecular weight is 199 g/mol. The fraction of sp³-hybridized carbons (Fsp3) is 0. The van der Waals surface area contributed by atoms with E-state index in [1.807, 2.05) is 35.1 Å². The first-order chi connectivity index (χ1) is 6.08. The van der Waals surface area contributed by atoms with Gasteiger partial charge in [-0.15, -0.1) is 0 Å². The van der Waals surface area contributed by atoms with Crippen LogP contribution in [0.25, 0.3) is 6.08 Å². The SMILES string of the molecule is O=S(=O)(O)NC=Cc1ccccc1. The third-order valence-corrected chi connectivity index (χ3v) is 1.73. The van der Waals surface area contributed by atoms with Crippen LogP contribution in [0, 0.1) is 0 Å². The topological polar surface area (TPSA) is 66.4 Å². The molecule has 2 N–H and O–H groups in total. The second-order valence-corrected chi connectivity index (χ2v) is 3.52. The van der Waals surface area contributed by atoms with Gasteiger partial charge >= 0.3 is 10.3 Å². The molecule has 0 aliphatic carbocycles. The zero-order valence-corrected chi connectivity index (χ0v) is 7.53. The number of benzene rings is 1. The van der Waals surface area contributed by atoms with Crippen LogP contribution < -0.4 is 4.72 Å². The Morgan fingerprint density at radius 3 is 2.38 bits per heavy atom. The van der Waals surface area contributed by atoms with Crippen LogP contribution in [0.4, 0.5) is 0 Å². The molecule has 1 rings (SSSR count). The molecule has 0 bridgehead atoms. The highest BCUT2D eigenvalue weighted by Crippen LogP contribution is 1.99. The fourth-order valence-electron chi connectivity index (χ4n) is 0.780. The number of hydrogen-bond acceptors (Lipinski definition) is 2. The highest BCUT2D eigenvalue weighted by molar-refractivity contribution is 7.83. The molecule has 5 heteroatoms. The Balaban J connectivity index is 2.61. The van der Waals surface area contributed by atoms with Crippen molar-refractivity contribution in [3.63, 3.8) is 0 Å². The Bertz CT molecular complexity index is 383. The maximum Gasteiger partial charge on any atom is 0.357 e. The molecule has 0 aliphatic rings. The van der Waals surface area contributed by atoms with Crippen LogP contribution in [0.15, 0.2) is 36.5 Å². The predicted molar refractivity (Wildman–Crippen MR) is 50.2 cm³/mol. The van der Waals surface area contributed by atoms with Crippen molar-refractivity contribution in [3.8, 4) is 0 Å². The van der Waals surface area contributed by atoms with E-state index < -0.39 is 10.3 Å². The van der Waals surface area contributed by atoms with Crippen molar-refractivity contribution >= 4 is 16.4 Å². The van der Waals surface area contributed by atoms with E-state index in [4.69, 9.17) is 4.55 Å². The molecule has 0 heterocycles. The lowest BCUT2D eigenvalue weighted by Gasteiger charge is -1.93. The molecule has 1 aromatic rings. The van der Waals surface area contributed by atoms with Crippen molar-refractivity contribution < 1.29 is 13.0 Å². The summed E-state index contributed by atoms with van der Waals surface area (Å²) in [4.78, 5) is 0. The first-order valence-electron chi connectivity index (χ1n) is 3.54. The van der Waals surface area contributed by atoms with E-state index in [-0.39, 0.29) is 0 Å². The molecule has 0 saturated heterocycles. The van der Waals surface area contributed by atoms with Crippen LogP contribution in [0.5, 0.6) is 0 Å². The van der Waals surface area contributed by atoms with E-state index in [0.29, 0.717) is 0 Å². The Morgan fingerprint density at radius 2 is 1.85 bits per heavy atom. The monoisotopic (exact) mass is 199 g/mol. The van der Waals surface area contributed by atoms with E-state index in [1.54, 1.807) is 0 Å². The summed E-state index contributed by atoms with van der Waals surface area (Å²) >= 11 is 0. The lowest BCUT2D eigenvalue weighted by atomic mass is 10.2.